The normalized spacial score (nSPS) is 19.5. The number of aryl methyl sites for hydroxylation is 1. The van der Waals surface area contributed by atoms with Crippen molar-refractivity contribution in [2.75, 3.05) is 13.1 Å². The van der Waals surface area contributed by atoms with Crippen LogP contribution in [0.2, 0.25) is 0 Å². The van der Waals surface area contributed by atoms with Gasteiger partial charge < -0.3 is 20.6 Å². The summed E-state index contributed by atoms with van der Waals surface area (Å²) in [4.78, 5) is 34.5. The third kappa shape index (κ3) is 7.58. The summed E-state index contributed by atoms with van der Waals surface area (Å²) in [5.41, 5.74) is 1.83. The Kier molecular flexibility index (Phi) is 9.77. The third-order valence-corrected chi connectivity index (χ3v) is 10.0. The standard InChI is InChI=1S/C36H37F3N4O3S/c1-22-21-47-34(41-22)31-13-7-15-43(31)35(46)27-18-25(24-10-5-11-28(20-24)36(37,38)39)17-26(19-27)33(45)42-30(16-23-8-3-2-4-9-23)32(44)29-12-6-14-40-29/h2-5,8-11,17-21,29-32,40,44H,6-7,12-16H2,1H3,(H,42,45). The quantitative estimate of drug-likeness (QED) is 0.189. The summed E-state index contributed by atoms with van der Waals surface area (Å²) in [6.07, 6.45) is -1.88. The van der Waals surface area contributed by atoms with Gasteiger partial charge in [0.25, 0.3) is 11.8 Å². The van der Waals surface area contributed by atoms with Crippen molar-refractivity contribution in [3.8, 4) is 11.1 Å². The summed E-state index contributed by atoms with van der Waals surface area (Å²) in [5, 5.41) is 20.5. The van der Waals surface area contributed by atoms with Gasteiger partial charge in [0.2, 0.25) is 0 Å². The fourth-order valence-electron chi connectivity index (χ4n) is 6.54. The lowest BCUT2D eigenvalue weighted by atomic mass is 9.94. The minimum atomic E-state index is -4.56. The summed E-state index contributed by atoms with van der Waals surface area (Å²) in [7, 11) is 0. The first-order valence-corrected chi connectivity index (χ1v) is 16.8. The number of thiazole rings is 1. The number of amides is 2. The maximum atomic E-state index is 14.1. The van der Waals surface area contributed by atoms with E-state index in [1.807, 2.05) is 42.6 Å². The second-order valence-electron chi connectivity index (χ2n) is 12.3. The molecule has 0 bridgehead atoms. The molecule has 3 heterocycles. The second kappa shape index (κ2) is 14.0. The SMILES string of the molecule is Cc1csc(C2CCCN2C(=O)c2cc(C(=O)NC(Cc3ccccc3)C(O)C3CCCN3)cc(-c3cccc(C(F)(F)F)c3)c2)n1. The van der Waals surface area contributed by atoms with Gasteiger partial charge in [-0.25, -0.2) is 4.98 Å². The van der Waals surface area contributed by atoms with Crippen molar-refractivity contribution < 1.29 is 27.9 Å². The first-order chi connectivity index (χ1) is 22.6. The Morgan fingerprint density at radius 2 is 1.81 bits per heavy atom. The van der Waals surface area contributed by atoms with Crippen LogP contribution in [0.3, 0.4) is 0 Å². The number of hydrogen-bond donors (Lipinski definition) is 3. The van der Waals surface area contributed by atoms with E-state index in [1.165, 1.54) is 35.6 Å². The lowest BCUT2D eigenvalue weighted by Gasteiger charge is -2.29. The van der Waals surface area contributed by atoms with Crippen LogP contribution in [0.1, 0.15) is 74.3 Å². The molecule has 47 heavy (non-hydrogen) atoms. The molecule has 0 saturated carbocycles. The van der Waals surface area contributed by atoms with Crippen LogP contribution in [-0.2, 0) is 12.6 Å². The van der Waals surface area contributed by atoms with Crippen LogP contribution in [0.5, 0.6) is 0 Å². The molecule has 2 saturated heterocycles. The van der Waals surface area contributed by atoms with Gasteiger partial charge in [0.05, 0.1) is 23.8 Å². The molecule has 4 aromatic rings. The number of nitrogens with zero attached hydrogens (tertiary/aromatic N) is 2. The minimum Gasteiger partial charge on any atom is -0.389 e. The van der Waals surface area contributed by atoms with Gasteiger partial charge in [-0.3, -0.25) is 9.59 Å². The average Bonchev–Trinajstić information content (AvgIpc) is 3.86. The smallest absolute Gasteiger partial charge is 0.389 e. The number of alkyl halides is 3. The monoisotopic (exact) mass is 662 g/mol. The number of halogens is 3. The number of nitrogens with one attached hydrogen (secondary N) is 2. The zero-order chi connectivity index (χ0) is 33.1. The first kappa shape index (κ1) is 32.9. The van der Waals surface area contributed by atoms with Gasteiger partial charge in [0, 0.05) is 34.8 Å². The Labute approximate surface area is 275 Å². The molecule has 246 valence electrons. The van der Waals surface area contributed by atoms with Gasteiger partial charge in [-0.15, -0.1) is 11.3 Å². The van der Waals surface area contributed by atoms with E-state index in [9.17, 15) is 27.9 Å². The number of hydrogen-bond acceptors (Lipinski definition) is 6. The highest BCUT2D eigenvalue weighted by atomic mass is 32.1. The number of benzene rings is 3. The van der Waals surface area contributed by atoms with E-state index >= 15 is 0 Å². The molecule has 0 radical (unpaired) electrons. The molecule has 1 aromatic heterocycles. The summed E-state index contributed by atoms with van der Waals surface area (Å²) < 4.78 is 41.0. The molecule has 4 atom stereocenters. The zero-order valence-electron chi connectivity index (χ0n) is 26.0. The second-order valence-corrected chi connectivity index (χ2v) is 13.2. The molecule has 7 nitrogen and oxygen atoms in total. The van der Waals surface area contributed by atoms with Crippen molar-refractivity contribution in [2.45, 2.75) is 69.4 Å². The van der Waals surface area contributed by atoms with E-state index in [4.69, 9.17) is 0 Å². The molecule has 4 unspecified atom stereocenters. The van der Waals surface area contributed by atoms with E-state index in [-0.39, 0.29) is 34.7 Å². The van der Waals surface area contributed by atoms with Gasteiger partial charge in [0.1, 0.15) is 5.01 Å². The first-order valence-electron chi connectivity index (χ1n) is 15.9. The predicted octanol–water partition coefficient (Wildman–Crippen LogP) is 6.57. The molecule has 2 amide bonds. The predicted molar refractivity (Wildman–Crippen MR) is 175 cm³/mol. The van der Waals surface area contributed by atoms with E-state index in [0.29, 0.717) is 18.5 Å². The van der Waals surface area contributed by atoms with E-state index in [2.05, 4.69) is 15.6 Å². The van der Waals surface area contributed by atoms with Crippen molar-refractivity contribution in [3.63, 3.8) is 0 Å². The molecule has 2 aliphatic rings. The van der Waals surface area contributed by atoms with Gasteiger partial charge in [-0.2, -0.15) is 13.2 Å². The van der Waals surface area contributed by atoms with E-state index < -0.39 is 29.8 Å². The highest BCUT2D eigenvalue weighted by Gasteiger charge is 2.35. The molecule has 3 aromatic carbocycles. The van der Waals surface area contributed by atoms with Crippen LogP contribution < -0.4 is 10.6 Å². The van der Waals surface area contributed by atoms with Gasteiger partial charge in [-0.1, -0.05) is 42.5 Å². The van der Waals surface area contributed by atoms with Crippen LogP contribution in [0.25, 0.3) is 11.1 Å². The Morgan fingerprint density at radius 3 is 2.51 bits per heavy atom. The van der Waals surface area contributed by atoms with Crippen molar-refractivity contribution >= 4 is 23.2 Å². The Morgan fingerprint density at radius 1 is 1.02 bits per heavy atom. The highest BCUT2D eigenvalue weighted by molar-refractivity contribution is 7.09. The number of aromatic nitrogens is 1. The van der Waals surface area contributed by atoms with Crippen molar-refractivity contribution in [3.05, 3.63) is 111 Å². The van der Waals surface area contributed by atoms with Crippen LogP contribution in [0.4, 0.5) is 13.2 Å². The number of carbonyl (C=O) groups is 2. The summed E-state index contributed by atoms with van der Waals surface area (Å²) >= 11 is 1.49. The summed E-state index contributed by atoms with van der Waals surface area (Å²) in [6.45, 7) is 3.17. The molecular weight excluding hydrogens is 625 g/mol. The lowest BCUT2D eigenvalue weighted by molar-refractivity contribution is -0.137. The molecule has 2 fully saturated rings. The molecule has 0 spiro atoms. The van der Waals surface area contributed by atoms with Crippen LogP contribution >= 0.6 is 11.3 Å². The van der Waals surface area contributed by atoms with Crippen LogP contribution in [0.15, 0.2) is 78.2 Å². The van der Waals surface area contributed by atoms with Crippen molar-refractivity contribution in [2.24, 2.45) is 0 Å². The fraction of sp³-hybridized carbons (Fsp3) is 0.361. The van der Waals surface area contributed by atoms with Gasteiger partial charge in [0.15, 0.2) is 0 Å². The third-order valence-electron chi connectivity index (χ3n) is 8.94. The Bertz CT molecular complexity index is 1720. The maximum absolute atomic E-state index is 14.1. The molecule has 3 N–H and O–H groups in total. The van der Waals surface area contributed by atoms with Crippen LogP contribution in [-0.4, -0.2) is 58.1 Å². The summed E-state index contributed by atoms with van der Waals surface area (Å²) in [6, 6.07) is 17.9. The van der Waals surface area contributed by atoms with Crippen molar-refractivity contribution in [1.29, 1.82) is 0 Å². The number of carbonyl (C=O) groups excluding carboxylic acids is 2. The zero-order valence-corrected chi connectivity index (χ0v) is 26.8. The maximum Gasteiger partial charge on any atom is 0.416 e. The molecule has 0 aliphatic carbocycles. The van der Waals surface area contributed by atoms with Crippen molar-refractivity contribution in [1.82, 2.24) is 20.5 Å². The van der Waals surface area contributed by atoms with Crippen LogP contribution in [0, 0.1) is 6.92 Å². The number of aliphatic hydroxyl groups is 1. The summed E-state index contributed by atoms with van der Waals surface area (Å²) in [5.74, 6) is -0.848. The topological polar surface area (TPSA) is 94.6 Å². The Hall–Kier alpha value is -4.06. The fourth-order valence-corrected chi connectivity index (χ4v) is 7.48. The molecule has 6 rings (SSSR count). The van der Waals surface area contributed by atoms with E-state index in [1.54, 1.807) is 11.0 Å². The highest BCUT2D eigenvalue weighted by Crippen LogP contribution is 2.36. The Balaban J connectivity index is 1.36. The minimum absolute atomic E-state index is 0.119. The van der Waals surface area contributed by atoms with E-state index in [0.717, 1.165) is 60.6 Å². The van der Waals surface area contributed by atoms with Gasteiger partial charge >= 0.3 is 6.18 Å². The average molecular weight is 663 g/mol. The molecule has 11 heteroatoms. The van der Waals surface area contributed by atoms with Gasteiger partial charge in [-0.05, 0) is 92.6 Å². The molecule has 2 aliphatic heterocycles. The lowest BCUT2D eigenvalue weighted by Crippen LogP contribution is -2.52. The number of rotatable bonds is 9. The largest absolute Gasteiger partial charge is 0.416 e. The number of likely N-dealkylation sites (tertiary alicyclic amines) is 1. The molecular formula is C36H37F3N4O3S. The number of aliphatic hydroxyl groups excluding tert-OH is 1.